The van der Waals surface area contributed by atoms with E-state index in [4.69, 9.17) is 14.2 Å². The van der Waals surface area contributed by atoms with Crippen LogP contribution in [0.2, 0.25) is 0 Å². The first kappa shape index (κ1) is 13.7. The third-order valence-corrected chi connectivity index (χ3v) is 4.74. The Bertz CT molecular complexity index is 672. The highest BCUT2D eigenvalue weighted by atomic mass is 31.2. The van der Waals surface area contributed by atoms with Gasteiger partial charge < -0.3 is 14.2 Å². The van der Waals surface area contributed by atoms with Crippen LogP contribution in [0.3, 0.4) is 0 Å². The predicted octanol–water partition coefficient (Wildman–Crippen LogP) is 2.65. The SMILES string of the molecule is COP(=O)(OC)c1ccc2ccc(C(=O)O)cc2c1. The molecule has 1 N–H and O–H groups in total. The Labute approximate surface area is 110 Å². The molecular weight excluding hydrogens is 267 g/mol. The van der Waals surface area contributed by atoms with Gasteiger partial charge in [0.25, 0.3) is 0 Å². The van der Waals surface area contributed by atoms with Gasteiger partial charge in [-0.2, -0.15) is 0 Å². The Hall–Kier alpha value is -1.68. The van der Waals surface area contributed by atoms with E-state index in [2.05, 4.69) is 0 Å². The second-order valence-electron chi connectivity index (χ2n) is 3.91. The number of carbonyl (C=O) groups is 1. The normalized spacial score (nSPS) is 11.7. The first-order chi connectivity index (χ1) is 9.00. The molecule has 0 spiro atoms. The van der Waals surface area contributed by atoms with Crippen molar-refractivity contribution in [2.45, 2.75) is 0 Å². The van der Waals surface area contributed by atoms with E-state index in [1.807, 2.05) is 0 Å². The van der Waals surface area contributed by atoms with Crippen molar-refractivity contribution in [2.75, 3.05) is 14.2 Å². The first-order valence-electron chi connectivity index (χ1n) is 5.49. The standard InChI is InChI=1S/C13H13O5P/c1-17-19(16,18-2)12-6-5-9-3-4-10(13(14)15)7-11(9)8-12/h3-8H,1-2H3,(H,14,15). The van der Waals surface area contributed by atoms with Crippen LogP contribution in [0.5, 0.6) is 0 Å². The molecular formula is C13H13O5P. The summed E-state index contributed by atoms with van der Waals surface area (Å²) < 4.78 is 22.1. The largest absolute Gasteiger partial charge is 0.478 e. The summed E-state index contributed by atoms with van der Waals surface area (Å²) in [6.45, 7) is 0. The zero-order valence-electron chi connectivity index (χ0n) is 10.5. The van der Waals surface area contributed by atoms with E-state index >= 15 is 0 Å². The van der Waals surface area contributed by atoms with Gasteiger partial charge in [0.15, 0.2) is 0 Å². The van der Waals surface area contributed by atoms with Crippen LogP contribution in [-0.2, 0) is 13.6 Å². The topological polar surface area (TPSA) is 72.8 Å². The molecule has 0 unspecified atom stereocenters. The Kier molecular flexibility index (Phi) is 3.71. The van der Waals surface area contributed by atoms with Gasteiger partial charge in [-0.05, 0) is 35.0 Å². The fourth-order valence-corrected chi connectivity index (χ4v) is 2.95. The van der Waals surface area contributed by atoms with Crippen molar-refractivity contribution in [2.24, 2.45) is 0 Å². The molecule has 2 aromatic carbocycles. The number of carboxylic acid groups (broad SMARTS) is 1. The van der Waals surface area contributed by atoms with Crippen LogP contribution in [0.4, 0.5) is 0 Å². The summed E-state index contributed by atoms with van der Waals surface area (Å²) in [5, 5.41) is 10.9. The van der Waals surface area contributed by atoms with E-state index in [0.717, 1.165) is 5.39 Å². The summed E-state index contributed by atoms with van der Waals surface area (Å²) in [5.74, 6) is -1.01. The van der Waals surface area contributed by atoms with Gasteiger partial charge in [-0.3, -0.25) is 4.57 Å². The molecule has 0 aliphatic carbocycles. The van der Waals surface area contributed by atoms with Crippen LogP contribution < -0.4 is 5.30 Å². The van der Waals surface area contributed by atoms with Crippen molar-refractivity contribution < 1.29 is 23.5 Å². The van der Waals surface area contributed by atoms with Crippen molar-refractivity contribution in [3.8, 4) is 0 Å². The fourth-order valence-electron chi connectivity index (χ4n) is 1.82. The summed E-state index contributed by atoms with van der Waals surface area (Å²) in [6, 6.07) is 9.77. The van der Waals surface area contributed by atoms with E-state index in [0.29, 0.717) is 10.7 Å². The van der Waals surface area contributed by atoms with Gasteiger partial charge >= 0.3 is 13.6 Å². The maximum Gasteiger partial charge on any atom is 0.360 e. The van der Waals surface area contributed by atoms with Crippen LogP contribution >= 0.6 is 7.60 Å². The highest BCUT2D eigenvalue weighted by Gasteiger charge is 2.24. The predicted molar refractivity (Wildman–Crippen MR) is 72.2 cm³/mol. The van der Waals surface area contributed by atoms with Gasteiger partial charge in [-0.25, -0.2) is 4.79 Å². The lowest BCUT2D eigenvalue weighted by Crippen LogP contribution is -2.07. The van der Waals surface area contributed by atoms with Crippen LogP contribution in [0.15, 0.2) is 36.4 Å². The van der Waals surface area contributed by atoms with Crippen LogP contribution in [-0.4, -0.2) is 25.3 Å². The number of hydrogen-bond donors (Lipinski definition) is 1. The molecule has 2 aromatic rings. The quantitative estimate of drug-likeness (QED) is 0.871. The minimum Gasteiger partial charge on any atom is -0.478 e. The Morgan fingerprint density at radius 1 is 1.05 bits per heavy atom. The van der Waals surface area contributed by atoms with Crippen LogP contribution in [0.25, 0.3) is 10.8 Å². The Morgan fingerprint density at radius 3 is 2.26 bits per heavy atom. The lowest BCUT2D eigenvalue weighted by molar-refractivity contribution is 0.0697. The molecule has 100 valence electrons. The molecule has 0 radical (unpaired) electrons. The fraction of sp³-hybridized carbons (Fsp3) is 0.154. The molecule has 0 fully saturated rings. The number of fused-ring (bicyclic) bond motifs is 1. The Balaban J connectivity index is 2.61. The summed E-state index contributed by atoms with van der Waals surface area (Å²) in [6.07, 6.45) is 0. The Morgan fingerprint density at radius 2 is 1.68 bits per heavy atom. The lowest BCUT2D eigenvalue weighted by Gasteiger charge is -2.14. The average molecular weight is 280 g/mol. The highest BCUT2D eigenvalue weighted by Crippen LogP contribution is 2.45. The minimum atomic E-state index is -3.32. The van der Waals surface area contributed by atoms with E-state index in [1.54, 1.807) is 24.3 Å². The van der Waals surface area contributed by atoms with E-state index < -0.39 is 13.6 Å². The second-order valence-corrected chi connectivity index (χ2v) is 6.16. The van der Waals surface area contributed by atoms with Crippen LogP contribution in [0, 0.1) is 0 Å². The van der Waals surface area contributed by atoms with E-state index in [-0.39, 0.29) is 5.56 Å². The molecule has 0 saturated carbocycles. The molecule has 0 atom stereocenters. The maximum absolute atomic E-state index is 12.3. The molecule has 0 aliphatic rings. The second kappa shape index (κ2) is 5.13. The van der Waals surface area contributed by atoms with Crippen molar-refractivity contribution in [1.82, 2.24) is 0 Å². The summed E-state index contributed by atoms with van der Waals surface area (Å²) in [7, 11) is -0.709. The average Bonchev–Trinajstić information content (AvgIpc) is 2.45. The van der Waals surface area contributed by atoms with Gasteiger partial charge in [0, 0.05) is 14.2 Å². The molecule has 6 heteroatoms. The van der Waals surface area contributed by atoms with Crippen molar-refractivity contribution >= 4 is 29.6 Å². The summed E-state index contributed by atoms with van der Waals surface area (Å²) >= 11 is 0. The van der Waals surface area contributed by atoms with Gasteiger partial charge in [0.2, 0.25) is 0 Å². The van der Waals surface area contributed by atoms with E-state index in [1.165, 1.54) is 26.4 Å². The summed E-state index contributed by atoms with van der Waals surface area (Å²) in [4.78, 5) is 10.9. The molecule has 5 nitrogen and oxygen atoms in total. The number of benzene rings is 2. The van der Waals surface area contributed by atoms with Crippen molar-refractivity contribution in [3.63, 3.8) is 0 Å². The van der Waals surface area contributed by atoms with Crippen molar-refractivity contribution in [3.05, 3.63) is 42.0 Å². The zero-order valence-corrected chi connectivity index (χ0v) is 11.4. The molecule has 0 aromatic heterocycles. The number of rotatable bonds is 4. The molecule has 0 saturated heterocycles. The molecule has 0 bridgehead atoms. The van der Waals surface area contributed by atoms with Gasteiger partial charge in [-0.15, -0.1) is 0 Å². The number of aromatic carboxylic acids is 1. The first-order valence-corrected chi connectivity index (χ1v) is 7.03. The molecule has 0 amide bonds. The van der Waals surface area contributed by atoms with Gasteiger partial charge in [0.05, 0.1) is 10.9 Å². The lowest BCUT2D eigenvalue weighted by atomic mass is 10.1. The highest BCUT2D eigenvalue weighted by molar-refractivity contribution is 7.62. The van der Waals surface area contributed by atoms with Gasteiger partial charge in [-0.1, -0.05) is 12.1 Å². The van der Waals surface area contributed by atoms with Crippen LogP contribution in [0.1, 0.15) is 10.4 Å². The third kappa shape index (κ3) is 2.54. The monoisotopic (exact) mass is 280 g/mol. The number of carboxylic acids is 1. The molecule has 19 heavy (non-hydrogen) atoms. The summed E-state index contributed by atoms with van der Waals surface area (Å²) in [5.41, 5.74) is 0.175. The third-order valence-electron chi connectivity index (χ3n) is 2.87. The smallest absolute Gasteiger partial charge is 0.360 e. The zero-order chi connectivity index (χ0) is 14.0. The minimum absolute atomic E-state index is 0.175. The molecule has 0 heterocycles. The van der Waals surface area contributed by atoms with Gasteiger partial charge in [0.1, 0.15) is 0 Å². The molecule has 0 aliphatic heterocycles. The molecule has 2 rings (SSSR count). The van der Waals surface area contributed by atoms with E-state index in [9.17, 15) is 9.36 Å². The number of hydrogen-bond acceptors (Lipinski definition) is 4. The maximum atomic E-state index is 12.3. The van der Waals surface area contributed by atoms with Crippen molar-refractivity contribution in [1.29, 1.82) is 0 Å².